The molecule has 2 nitrogen and oxygen atoms in total. The number of benzene rings is 1. The zero-order valence-corrected chi connectivity index (χ0v) is 13.2. The maximum absolute atomic E-state index is 5.83. The average molecular weight is 275 g/mol. The Morgan fingerprint density at radius 1 is 1.25 bits per heavy atom. The summed E-state index contributed by atoms with van der Waals surface area (Å²) in [5, 5.41) is 3.77. The third kappa shape index (κ3) is 4.32. The lowest BCUT2D eigenvalue weighted by Crippen LogP contribution is -2.44. The minimum Gasteiger partial charge on any atom is -0.378 e. The number of hydrogen-bond donors (Lipinski definition) is 1. The lowest BCUT2D eigenvalue weighted by atomic mass is 9.84. The average Bonchev–Trinajstić information content (AvgIpc) is 2.47. The minimum atomic E-state index is 0.180. The molecule has 0 aromatic heterocycles. The summed E-state index contributed by atoms with van der Waals surface area (Å²) in [5.74, 6) is 0. The first kappa shape index (κ1) is 15.5. The molecule has 1 heterocycles. The van der Waals surface area contributed by atoms with Gasteiger partial charge in [0.2, 0.25) is 0 Å². The molecule has 1 aliphatic rings. The molecule has 112 valence electrons. The highest BCUT2D eigenvalue weighted by Crippen LogP contribution is 2.23. The molecule has 0 bridgehead atoms. The van der Waals surface area contributed by atoms with E-state index in [1.165, 1.54) is 24.8 Å². The minimum absolute atomic E-state index is 0.180. The first-order valence-corrected chi connectivity index (χ1v) is 8.02. The van der Waals surface area contributed by atoms with E-state index in [2.05, 4.69) is 56.4 Å². The molecule has 1 aromatic carbocycles. The van der Waals surface area contributed by atoms with E-state index in [9.17, 15) is 0 Å². The van der Waals surface area contributed by atoms with Crippen molar-refractivity contribution in [1.82, 2.24) is 5.32 Å². The van der Waals surface area contributed by atoms with E-state index in [0.29, 0.717) is 12.1 Å². The molecule has 0 amide bonds. The first-order chi connectivity index (χ1) is 9.62. The van der Waals surface area contributed by atoms with Crippen LogP contribution in [0.4, 0.5) is 0 Å². The quantitative estimate of drug-likeness (QED) is 0.850. The van der Waals surface area contributed by atoms with E-state index < -0.39 is 0 Å². The Hall–Kier alpha value is -0.860. The highest BCUT2D eigenvalue weighted by atomic mass is 16.5. The van der Waals surface area contributed by atoms with Crippen LogP contribution >= 0.6 is 0 Å². The molecule has 1 aliphatic heterocycles. The largest absolute Gasteiger partial charge is 0.378 e. The van der Waals surface area contributed by atoms with E-state index in [0.717, 1.165) is 19.6 Å². The van der Waals surface area contributed by atoms with Crippen molar-refractivity contribution in [2.24, 2.45) is 0 Å². The third-order valence-electron chi connectivity index (χ3n) is 4.37. The van der Waals surface area contributed by atoms with Gasteiger partial charge in [0.15, 0.2) is 0 Å². The molecular weight excluding hydrogens is 246 g/mol. The fourth-order valence-electron chi connectivity index (χ4n) is 2.98. The molecule has 20 heavy (non-hydrogen) atoms. The van der Waals surface area contributed by atoms with Crippen LogP contribution in [0.15, 0.2) is 30.3 Å². The number of nitrogens with one attached hydrogen (secondary N) is 1. The van der Waals surface area contributed by atoms with Gasteiger partial charge < -0.3 is 10.1 Å². The number of hydrogen-bond acceptors (Lipinski definition) is 2. The highest BCUT2D eigenvalue weighted by molar-refractivity contribution is 5.23. The Morgan fingerprint density at radius 2 is 2.00 bits per heavy atom. The molecule has 0 aliphatic carbocycles. The van der Waals surface area contributed by atoms with Crippen LogP contribution < -0.4 is 5.32 Å². The molecule has 0 spiro atoms. The predicted octanol–water partition coefficient (Wildman–Crippen LogP) is 3.90. The predicted molar refractivity (Wildman–Crippen MR) is 85.1 cm³/mol. The molecule has 1 fully saturated rings. The summed E-state index contributed by atoms with van der Waals surface area (Å²) in [7, 11) is 0. The molecular formula is C18H29NO. The van der Waals surface area contributed by atoms with Crippen molar-refractivity contribution in [3.8, 4) is 0 Å². The summed E-state index contributed by atoms with van der Waals surface area (Å²) < 4.78 is 5.83. The molecule has 2 heteroatoms. The second-order valence-corrected chi connectivity index (χ2v) is 6.63. The van der Waals surface area contributed by atoms with Gasteiger partial charge >= 0.3 is 0 Å². The zero-order chi connectivity index (χ0) is 14.4. The fourth-order valence-corrected chi connectivity index (χ4v) is 2.98. The molecule has 2 unspecified atom stereocenters. The topological polar surface area (TPSA) is 21.3 Å². The number of ether oxygens (including phenoxy) is 1. The van der Waals surface area contributed by atoms with E-state index in [4.69, 9.17) is 4.74 Å². The van der Waals surface area contributed by atoms with Crippen LogP contribution in [0.3, 0.4) is 0 Å². The van der Waals surface area contributed by atoms with E-state index >= 15 is 0 Å². The standard InChI is InChI=1S/C18H29NO/c1-4-8-17-13-16(11-12-20-17)19-14-18(2,3)15-9-6-5-7-10-15/h5-7,9-10,16-17,19H,4,8,11-14H2,1-3H3. The monoisotopic (exact) mass is 275 g/mol. The molecule has 1 N–H and O–H groups in total. The van der Waals surface area contributed by atoms with Crippen LogP contribution in [0.25, 0.3) is 0 Å². The number of rotatable bonds is 6. The zero-order valence-electron chi connectivity index (χ0n) is 13.2. The molecule has 1 saturated heterocycles. The normalized spacial score (nSPS) is 23.8. The Balaban J connectivity index is 1.85. The van der Waals surface area contributed by atoms with Crippen molar-refractivity contribution < 1.29 is 4.74 Å². The van der Waals surface area contributed by atoms with Gasteiger partial charge in [-0.2, -0.15) is 0 Å². The smallest absolute Gasteiger partial charge is 0.0589 e. The molecule has 2 rings (SSSR count). The van der Waals surface area contributed by atoms with Gasteiger partial charge in [0.05, 0.1) is 6.10 Å². The van der Waals surface area contributed by atoms with E-state index in [1.54, 1.807) is 0 Å². The van der Waals surface area contributed by atoms with Gasteiger partial charge in [0, 0.05) is 24.6 Å². The fraction of sp³-hybridized carbons (Fsp3) is 0.667. The molecule has 2 atom stereocenters. The second-order valence-electron chi connectivity index (χ2n) is 6.63. The van der Waals surface area contributed by atoms with Gasteiger partial charge in [-0.1, -0.05) is 57.5 Å². The lowest BCUT2D eigenvalue weighted by Gasteiger charge is -2.33. The second kappa shape index (κ2) is 7.24. The van der Waals surface area contributed by atoms with Crippen LogP contribution in [0.5, 0.6) is 0 Å². The molecule has 1 aromatic rings. The Labute approximate surface area is 123 Å². The first-order valence-electron chi connectivity index (χ1n) is 8.02. The van der Waals surface area contributed by atoms with Crippen LogP contribution in [-0.2, 0) is 10.2 Å². The van der Waals surface area contributed by atoms with Crippen LogP contribution in [0.2, 0.25) is 0 Å². The Bertz CT molecular complexity index is 386. The SMILES string of the molecule is CCCC1CC(NCC(C)(C)c2ccccc2)CCO1. The van der Waals surface area contributed by atoms with Gasteiger partial charge in [-0.15, -0.1) is 0 Å². The van der Waals surface area contributed by atoms with Crippen molar-refractivity contribution in [2.75, 3.05) is 13.2 Å². The third-order valence-corrected chi connectivity index (χ3v) is 4.37. The van der Waals surface area contributed by atoms with Crippen molar-refractivity contribution in [2.45, 2.75) is 64.0 Å². The summed E-state index contributed by atoms with van der Waals surface area (Å²) in [6, 6.07) is 11.4. The Kier molecular flexibility index (Phi) is 5.62. The van der Waals surface area contributed by atoms with Gasteiger partial charge in [0.25, 0.3) is 0 Å². The maximum atomic E-state index is 5.83. The van der Waals surface area contributed by atoms with Gasteiger partial charge in [-0.05, 0) is 24.8 Å². The van der Waals surface area contributed by atoms with Gasteiger partial charge in [-0.25, -0.2) is 0 Å². The molecule has 0 saturated carbocycles. The Morgan fingerprint density at radius 3 is 2.70 bits per heavy atom. The summed E-state index contributed by atoms with van der Waals surface area (Å²) in [6.07, 6.45) is 5.18. The van der Waals surface area contributed by atoms with Crippen molar-refractivity contribution in [1.29, 1.82) is 0 Å². The molecule has 0 radical (unpaired) electrons. The van der Waals surface area contributed by atoms with Gasteiger partial charge in [-0.3, -0.25) is 0 Å². The van der Waals surface area contributed by atoms with Crippen molar-refractivity contribution in [3.63, 3.8) is 0 Å². The maximum Gasteiger partial charge on any atom is 0.0589 e. The van der Waals surface area contributed by atoms with Gasteiger partial charge in [0.1, 0.15) is 0 Å². The van der Waals surface area contributed by atoms with Crippen LogP contribution in [0.1, 0.15) is 52.0 Å². The lowest BCUT2D eigenvalue weighted by molar-refractivity contribution is -0.00379. The summed E-state index contributed by atoms with van der Waals surface area (Å²) in [6.45, 7) is 8.81. The van der Waals surface area contributed by atoms with Crippen LogP contribution in [0, 0.1) is 0 Å². The highest BCUT2D eigenvalue weighted by Gasteiger charge is 2.25. The van der Waals surface area contributed by atoms with Crippen molar-refractivity contribution in [3.05, 3.63) is 35.9 Å². The summed E-state index contributed by atoms with van der Waals surface area (Å²) in [5.41, 5.74) is 1.59. The van der Waals surface area contributed by atoms with E-state index in [1.807, 2.05) is 0 Å². The van der Waals surface area contributed by atoms with E-state index in [-0.39, 0.29) is 5.41 Å². The summed E-state index contributed by atoms with van der Waals surface area (Å²) in [4.78, 5) is 0. The van der Waals surface area contributed by atoms with Crippen LogP contribution in [-0.4, -0.2) is 25.3 Å². The van der Waals surface area contributed by atoms with Crippen molar-refractivity contribution >= 4 is 0 Å². The summed E-state index contributed by atoms with van der Waals surface area (Å²) >= 11 is 0.